The minimum absolute atomic E-state index is 0.0610. The van der Waals surface area contributed by atoms with E-state index in [0.717, 1.165) is 15.9 Å². The largest absolute Gasteiger partial charge is 0.324 e. The summed E-state index contributed by atoms with van der Waals surface area (Å²) in [5, 5.41) is 5.73. The Morgan fingerprint density at radius 3 is 2.96 bits per heavy atom. The van der Waals surface area contributed by atoms with E-state index in [-0.39, 0.29) is 18.2 Å². The normalized spacial score (nSPS) is 16.1. The molecule has 1 aliphatic rings. The van der Waals surface area contributed by atoms with E-state index in [2.05, 4.69) is 15.6 Å². The van der Waals surface area contributed by atoms with Gasteiger partial charge in [0.2, 0.25) is 17.8 Å². The third-order valence-electron chi connectivity index (χ3n) is 4.35. The maximum Gasteiger partial charge on any atom is 0.238 e. The lowest BCUT2D eigenvalue weighted by molar-refractivity contribution is -0.120. The summed E-state index contributed by atoms with van der Waals surface area (Å²) in [5.74, 6) is 0.0519. The van der Waals surface area contributed by atoms with Crippen LogP contribution in [0, 0.1) is 0 Å². The third-order valence-corrected chi connectivity index (χ3v) is 5.86. The number of nitrogens with zero attached hydrogens (tertiary/aromatic N) is 2. The van der Waals surface area contributed by atoms with E-state index in [1.54, 1.807) is 12.1 Å². The van der Waals surface area contributed by atoms with Crippen LogP contribution in [-0.4, -0.2) is 26.6 Å². The second-order valence-corrected chi connectivity index (χ2v) is 7.84. The van der Waals surface area contributed by atoms with E-state index in [1.807, 2.05) is 41.8 Å². The number of carbonyl (C=O) groups excluding carboxylic acids is 2. The van der Waals surface area contributed by atoms with Crippen molar-refractivity contribution in [2.45, 2.75) is 30.0 Å². The lowest BCUT2D eigenvalue weighted by Gasteiger charge is -2.23. The summed E-state index contributed by atoms with van der Waals surface area (Å²) < 4.78 is 1.94. The Bertz CT molecular complexity index is 1050. The molecule has 1 aliphatic heterocycles. The van der Waals surface area contributed by atoms with Gasteiger partial charge in [0.1, 0.15) is 0 Å². The van der Waals surface area contributed by atoms with Gasteiger partial charge in [0, 0.05) is 22.9 Å². The molecule has 4 rings (SSSR count). The number of nitrogens with one attached hydrogen (secondary N) is 2. The predicted molar refractivity (Wildman–Crippen MR) is 108 cm³/mol. The van der Waals surface area contributed by atoms with Crippen LogP contribution in [0.3, 0.4) is 0 Å². The molecule has 0 radical (unpaired) electrons. The zero-order chi connectivity index (χ0) is 19.0. The van der Waals surface area contributed by atoms with Crippen LogP contribution in [0.25, 0.3) is 11.0 Å². The highest BCUT2D eigenvalue weighted by atomic mass is 35.5. The molecule has 0 unspecified atom stereocenters. The lowest BCUT2D eigenvalue weighted by atomic mass is 10.2. The van der Waals surface area contributed by atoms with Crippen LogP contribution in [-0.2, 0) is 16.1 Å². The van der Waals surface area contributed by atoms with E-state index >= 15 is 0 Å². The molecule has 1 aromatic heterocycles. The molecule has 0 saturated heterocycles. The summed E-state index contributed by atoms with van der Waals surface area (Å²) >= 11 is 7.33. The van der Waals surface area contributed by atoms with Gasteiger partial charge in [-0.25, -0.2) is 4.98 Å². The van der Waals surface area contributed by atoms with Crippen molar-refractivity contribution in [2.75, 3.05) is 10.6 Å². The number of carbonyl (C=O) groups is 2. The van der Waals surface area contributed by atoms with E-state index < -0.39 is 5.25 Å². The minimum atomic E-state index is -0.502. The molecule has 2 aromatic carbocycles. The Balaban J connectivity index is 1.50. The highest BCUT2D eigenvalue weighted by Crippen LogP contribution is 2.38. The summed E-state index contributed by atoms with van der Waals surface area (Å²) in [4.78, 5) is 30.3. The molecule has 2 heterocycles. The summed E-state index contributed by atoms with van der Waals surface area (Å²) in [5.41, 5.74) is 2.47. The monoisotopic (exact) mass is 400 g/mol. The fourth-order valence-corrected chi connectivity index (χ4v) is 4.36. The maximum absolute atomic E-state index is 12.6. The Hall–Kier alpha value is -2.51. The molecule has 3 aromatic rings. The van der Waals surface area contributed by atoms with Crippen LogP contribution in [0.5, 0.6) is 0 Å². The first-order valence-corrected chi connectivity index (χ1v) is 9.83. The van der Waals surface area contributed by atoms with Crippen molar-refractivity contribution in [3.05, 3.63) is 47.5 Å². The summed E-state index contributed by atoms with van der Waals surface area (Å²) in [6.07, 6.45) is 0.0610. The maximum atomic E-state index is 12.6. The Kier molecular flexibility index (Phi) is 4.80. The SMILES string of the molecule is CCn1c(NC(=O)C[C@@H]2Sc3ccc(Cl)cc3NC2=O)nc2ccccc21. The van der Waals surface area contributed by atoms with E-state index in [4.69, 9.17) is 11.6 Å². The second kappa shape index (κ2) is 7.25. The summed E-state index contributed by atoms with van der Waals surface area (Å²) in [6, 6.07) is 13.1. The molecule has 1 atom stereocenters. The van der Waals surface area contributed by atoms with Crippen LogP contribution in [0.4, 0.5) is 11.6 Å². The first kappa shape index (κ1) is 17.9. The lowest BCUT2D eigenvalue weighted by Crippen LogP contribution is -2.32. The topological polar surface area (TPSA) is 76.0 Å². The number of hydrogen-bond donors (Lipinski definition) is 2. The second-order valence-electron chi connectivity index (χ2n) is 6.16. The number of benzene rings is 2. The van der Waals surface area contributed by atoms with Gasteiger partial charge in [-0.15, -0.1) is 11.8 Å². The molecule has 0 fully saturated rings. The Morgan fingerprint density at radius 2 is 2.15 bits per heavy atom. The first-order valence-electron chi connectivity index (χ1n) is 8.57. The number of imidazole rings is 1. The van der Waals surface area contributed by atoms with Crippen LogP contribution in [0.2, 0.25) is 5.02 Å². The zero-order valence-corrected chi connectivity index (χ0v) is 16.1. The van der Waals surface area contributed by atoms with Crippen LogP contribution in [0.1, 0.15) is 13.3 Å². The molecule has 138 valence electrons. The van der Waals surface area contributed by atoms with Crippen molar-refractivity contribution in [3.8, 4) is 0 Å². The molecule has 2 N–H and O–H groups in total. The highest BCUT2D eigenvalue weighted by Gasteiger charge is 2.29. The summed E-state index contributed by atoms with van der Waals surface area (Å²) in [6.45, 7) is 2.68. The van der Waals surface area contributed by atoms with Crippen LogP contribution >= 0.6 is 23.4 Å². The van der Waals surface area contributed by atoms with Crippen LogP contribution < -0.4 is 10.6 Å². The van der Waals surface area contributed by atoms with Gasteiger partial charge in [0.05, 0.1) is 22.0 Å². The number of fused-ring (bicyclic) bond motifs is 2. The van der Waals surface area contributed by atoms with Gasteiger partial charge in [-0.2, -0.15) is 0 Å². The van der Waals surface area contributed by atoms with Gasteiger partial charge >= 0.3 is 0 Å². The van der Waals surface area contributed by atoms with Gasteiger partial charge in [0.25, 0.3) is 0 Å². The number of aryl methyl sites for hydroxylation is 1. The van der Waals surface area contributed by atoms with E-state index in [9.17, 15) is 9.59 Å². The van der Waals surface area contributed by atoms with Crippen molar-refractivity contribution in [3.63, 3.8) is 0 Å². The smallest absolute Gasteiger partial charge is 0.238 e. The van der Waals surface area contributed by atoms with E-state index in [0.29, 0.717) is 23.2 Å². The average molecular weight is 401 g/mol. The number of rotatable bonds is 4. The number of amides is 2. The molecular weight excluding hydrogens is 384 g/mol. The van der Waals surface area contributed by atoms with Gasteiger partial charge < -0.3 is 9.88 Å². The van der Waals surface area contributed by atoms with Crippen molar-refractivity contribution >= 4 is 57.8 Å². The Labute approximate surface area is 165 Å². The van der Waals surface area contributed by atoms with Crippen LogP contribution in [0.15, 0.2) is 47.4 Å². The molecule has 2 amide bonds. The number of thioether (sulfide) groups is 1. The standard InChI is InChI=1S/C19H17ClN4O2S/c1-2-24-14-6-4-3-5-12(14)22-19(24)23-17(25)10-16-18(26)21-13-9-11(20)7-8-15(13)27-16/h3-9,16H,2,10H2,1H3,(H,21,26)(H,22,23,25)/t16-/m0/s1. The Morgan fingerprint density at radius 1 is 1.33 bits per heavy atom. The number of halogens is 1. The number of hydrogen-bond acceptors (Lipinski definition) is 4. The predicted octanol–water partition coefficient (Wildman–Crippen LogP) is 4.15. The molecule has 0 bridgehead atoms. The number of para-hydroxylation sites is 2. The van der Waals surface area contributed by atoms with Crippen molar-refractivity contribution in [1.82, 2.24) is 9.55 Å². The molecular formula is C19H17ClN4O2S. The molecule has 0 spiro atoms. The zero-order valence-electron chi connectivity index (χ0n) is 14.5. The number of anilines is 2. The van der Waals surface area contributed by atoms with Gasteiger partial charge in [-0.3, -0.25) is 14.9 Å². The van der Waals surface area contributed by atoms with Crippen molar-refractivity contribution in [2.24, 2.45) is 0 Å². The fourth-order valence-electron chi connectivity index (χ4n) is 3.09. The highest BCUT2D eigenvalue weighted by molar-refractivity contribution is 8.01. The first-order chi connectivity index (χ1) is 13.0. The molecule has 27 heavy (non-hydrogen) atoms. The fraction of sp³-hybridized carbons (Fsp3) is 0.211. The van der Waals surface area contributed by atoms with E-state index in [1.165, 1.54) is 11.8 Å². The quantitative estimate of drug-likeness (QED) is 0.689. The van der Waals surface area contributed by atoms with Crippen molar-refractivity contribution in [1.29, 1.82) is 0 Å². The third kappa shape index (κ3) is 3.52. The molecule has 0 aliphatic carbocycles. The summed E-state index contributed by atoms with van der Waals surface area (Å²) in [7, 11) is 0. The number of aromatic nitrogens is 2. The van der Waals surface area contributed by atoms with Gasteiger partial charge in [0.15, 0.2) is 0 Å². The molecule has 6 nitrogen and oxygen atoms in total. The van der Waals surface area contributed by atoms with Crippen molar-refractivity contribution < 1.29 is 9.59 Å². The molecule has 0 saturated carbocycles. The minimum Gasteiger partial charge on any atom is -0.324 e. The van der Waals surface area contributed by atoms with Gasteiger partial charge in [-0.1, -0.05) is 23.7 Å². The molecule has 8 heteroatoms. The van der Waals surface area contributed by atoms with Gasteiger partial charge in [-0.05, 0) is 37.3 Å². The average Bonchev–Trinajstić information content (AvgIpc) is 2.99.